The van der Waals surface area contributed by atoms with E-state index in [9.17, 15) is 4.39 Å². The van der Waals surface area contributed by atoms with Crippen molar-refractivity contribution in [2.45, 2.75) is 0 Å². The monoisotopic (exact) mass is 348 g/mol. The Kier molecular flexibility index (Phi) is 3.95. The van der Waals surface area contributed by atoms with Gasteiger partial charge in [-0.3, -0.25) is 9.97 Å². The van der Waals surface area contributed by atoms with E-state index < -0.39 is 0 Å². The predicted octanol–water partition coefficient (Wildman–Crippen LogP) is 4.73. The molecule has 122 valence electrons. The highest BCUT2D eigenvalue weighted by Crippen LogP contribution is 2.29. The molecule has 2 N–H and O–H groups in total. The van der Waals surface area contributed by atoms with E-state index in [1.807, 2.05) is 30.3 Å². The van der Waals surface area contributed by atoms with Crippen LogP contribution in [0.15, 0.2) is 67.0 Å². The molecule has 0 aliphatic rings. The van der Waals surface area contributed by atoms with Crippen molar-refractivity contribution in [1.29, 1.82) is 0 Å². The van der Waals surface area contributed by atoms with Gasteiger partial charge in [-0.25, -0.2) is 4.39 Å². The maximum Gasteiger partial charge on any atom is 0.175 e. The Morgan fingerprint density at radius 1 is 0.880 bits per heavy atom. The smallest absolute Gasteiger partial charge is 0.175 e. The van der Waals surface area contributed by atoms with Crippen LogP contribution in [0.2, 0.25) is 0 Å². The van der Waals surface area contributed by atoms with Gasteiger partial charge in [0.25, 0.3) is 0 Å². The fourth-order valence-corrected chi connectivity index (χ4v) is 2.94. The lowest BCUT2D eigenvalue weighted by atomic mass is 10.1. The van der Waals surface area contributed by atoms with Crippen molar-refractivity contribution in [1.82, 2.24) is 9.97 Å². The largest absolute Gasteiger partial charge is 0.332 e. The molecule has 4 rings (SSSR count). The Balaban J connectivity index is 1.70. The summed E-state index contributed by atoms with van der Waals surface area (Å²) in [5.74, 6) is -0.291. The lowest BCUT2D eigenvalue weighted by Gasteiger charge is -2.13. The number of fused-ring (bicyclic) bond motifs is 3. The Bertz CT molecular complexity index is 1080. The molecule has 6 heteroatoms. The van der Waals surface area contributed by atoms with Crippen LogP contribution in [0, 0.1) is 5.82 Å². The summed E-state index contributed by atoms with van der Waals surface area (Å²) in [7, 11) is 0. The highest BCUT2D eigenvalue weighted by Gasteiger charge is 2.09. The van der Waals surface area contributed by atoms with E-state index in [0.29, 0.717) is 10.8 Å². The summed E-state index contributed by atoms with van der Waals surface area (Å²) in [5, 5.41) is 8.63. The van der Waals surface area contributed by atoms with Crippen LogP contribution in [0.5, 0.6) is 0 Å². The van der Waals surface area contributed by atoms with Gasteiger partial charge in [0.15, 0.2) is 5.11 Å². The first-order valence-corrected chi connectivity index (χ1v) is 8.07. The standard InChI is InChI=1S/C19H13FN4S/c20-12-5-7-13(8-6-12)23-19(25)24-17-11-16-14(3-1-9-21-16)15-4-2-10-22-18(15)17/h1-11H,(H2,23,24,25). The molecule has 2 aromatic heterocycles. The zero-order chi connectivity index (χ0) is 17.2. The number of halogens is 1. The summed E-state index contributed by atoms with van der Waals surface area (Å²) in [5.41, 5.74) is 3.14. The Hall–Kier alpha value is -3.12. The van der Waals surface area contributed by atoms with Crippen LogP contribution in [-0.4, -0.2) is 15.1 Å². The van der Waals surface area contributed by atoms with Gasteiger partial charge < -0.3 is 10.6 Å². The van der Waals surface area contributed by atoms with Crippen LogP contribution < -0.4 is 10.6 Å². The van der Waals surface area contributed by atoms with E-state index in [1.165, 1.54) is 12.1 Å². The van der Waals surface area contributed by atoms with E-state index in [2.05, 4.69) is 20.6 Å². The molecule has 4 nitrogen and oxygen atoms in total. The number of nitrogens with zero attached hydrogens (tertiary/aromatic N) is 2. The topological polar surface area (TPSA) is 49.8 Å². The van der Waals surface area contributed by atoms with Crippen LogP contribution >= 0.6 is 12.2 Å². The van der Waals surface area contributed by atoms with E-state index in [0.717, 1.165) is 27.5 Å². The third-order valence-corrected chi connectivity index (χ3v) is 4.03. The molecule has 0 fully saturated rings. The van der Waals surface area contributed by atoms with E-state index in [4.69, 9.17) is 12.2 Å². The number of nitrogens with one attached hydrogen (secondary N) is 2. The average molecular weight is 348 g/mol. The molecule has 0 aliphatic carbocycles. The van der Waals surface area contributed by atoms with Crippen LogP contribution in [0.25, 0.3) is 21.8 Å². The van der Waals surface area contributed by atoms with E-state index >= 15 is 0 Å². The first-order chi connectivity index (χ1) is 12.2. The summed E-state index contributed by atoms with van der Waals surface area (Å²) in [6.45, 7) is 0. The van der Waals surface area contributed by atoms with Gasteiger partial charge in [0.05, 0.1) is 16.7 Å². The third-order valence-electron chi connectivity index (χ3n) is 3.82. The fourth-order valence-electron chi connectivity index (χ4n) is 2.72. The van der Waals surface area contributed by atoms with Crippen LogP contribution in [0.4, 0.5) is 15.8 Å². The zero-order valence-corrected chi connectivity index (χ0v) is 13.8. The number of benzene rings is 2. The second kappa shape index (κ2) is 6.41. The maximum atomic E-state index is 13.0. The zero-order valence-electron chi connectivity index (χ0n) is 13.0. The maximum absolute atomic E-state index is 13.0. The van der Waals surface area contributed by atoms with Gasteiger partial charge in [-0.05, 0) is 54.7 Å². The number of anilines is 2. The quantitative estimate of drug-likeness (QED) is 0.405. The van der Waals surface area contributed by atoms with Crippen LogP contribution in [-0.2, 0) is 0 Å². The van der Waals surface area contributed by atoms with Gasteiger partial charge in [-0.2, -0.15) is 0 Å². The molecule has 4 aromatic rings. The van der Waals surface area contributed by atoms with Crippen LogP contribution in [0.3, 0.4) is 0 Å². The molecule has 0 saturated carbocycles. The van der Waals surface area contributed by atoms with Crippen molar-refractivity contribution < 1.29 is 4.39 Å². The van der Waals surface area contributed by atoms with Crippen molar-refractivity contribution in [2.24, 2.45) is 0 Å². The number of hydrogen-bond donors (Lipinski definition) is 2. The van der Waals surface area contributed by atoms with Gasteiger partial charge >= 0.3 is 0 Å². The number of rotatable bonds is 2. The molecular weight excluding hydrogens is 335 g/mol. The predicted molar refractivity (Wildman–Crippen MR) is 103 cm³/mol. The van der Waals surface area contributed by atoms with E-state index in [1.54, 1.807) is 24.5 Å². The fraction of sp³-hybridized carbons (Fsp3) is 0. The summed E-state index contributed by atoms with van der Waals surface area (Å²) >= 11 is 5.37. The minimum atomic E-state index is -0.291. The lowest BCUT2D eigenvalue weighted by molar-refractivity contribution is 0.628. The summed E-state index contributed by atoms with van der Waals surface area (Å²) in [6.07, 6.45) is 3.50. The molecule has 0 amide bonds. The number of aromatic nitrogens is 2. The second-order valence-corrected chi connectivity index (χ2v) is 5.89. The molecule has 0 bridgehead atoms. The summed E-state index contributed by atoms with van der Waals surface area (Å²) in [6, 6.07) is 15.8. The second-order valence-electron chi connectivity index (χ2n) is 5.48. The van der Waals surface area contributed by atoms with Gasteiger partial charge in [-0.1, -0.05) is 12.1 Å². The highest BCUT2D eigenvalue weighted by molar-refractivity contribution is 7.80. The average Bonchev–Trinajstić information content (AvgIpc) is 2.64. The summed E-state index contributed by atoms with van der Waals surface area (Å²) < 4.78 is 13.0. The van der Waals surface area contributed by atoms with Crippen molar-refractivity contribution in [3.63, 3.8) is 0 Å². The minimum Gasteiger partial charge on any atom is -0.332 e. The highest BCUT2D eigenvalue weighted by atomic mass is 32.1. The Morgan fingerprint density at radius 2 is 1.60 bits per heavy atom. The van der Waals surface area contributed by atoms with Gasteiger partial charge in [0, 0.05) is 28.9 Å². The van der Waals surface area contributed by atoms with Crippen LogP contribution in [0.1, 0.15) is 0 Å². The van der Waals surface area contributed by atoms with Crippen molar-refractivity contribution in [2.75, 3.05) is 10.6 Å². The van der Waals surface area contributed by atoms with Crippen molar-refractivity contribution in [3.05, 3.63) is 72.8 Å². The number of thiocarbonyl (C=S) groups is 1. The van der Waals surface area contributed by atoms with Gasteiger partial charge in [0.2, 0.25) is 0 Å². The third kappa shape index (κ3) is 3.12. The molecule has 0 spiro atoms. The number of pyridine rings is 2. The first kappa shape index (κ1) is 15.4. The molecule has 0 saturated heterocycles. The number of hydrogen-bond acceptors (Lipinski definition) is 3. The van der Waals surface area contributed by atoms with Crippen molar-refractivity contribution >= 4 is 50.5 Å². The molecule has 0 unspecified atom stereocenters. The molecule has 0 radical (unpaired) electrons. The molecular formula is C19H13FN4S. The SMILES string of the molecule is Fc1ccc(NC(=S)Nc2cc3ncccc3c3cccnc23)cc1. The van der Waals surface area contributed by atoms with Gasteiger partial charge in [0.1, 0.15) is 5.82 Å². The molecule has 2 aromatic carbocycles. The molecule has 0 atom stereocenters. The van der Waals surface area contributed by atoms with E-state index in [-0.39, 0.29) is 5.82 Å². The Morgan fingerprint density at radius 3 is 2.40 bits per heavy atom. The first-order valence-electron chi connectivity index (χ1n) is 7.67. The molecule has 0 aliphatic heterocycles. The lowest BCUT2D eigenvalue weighted by Crippen LogP contribution is -2.19. The Labute approximate surface area is 148 Å². The normalized spacial score (nSPS) is 10.8. The molecule has 2 heterocycles. The van der Waals surface area contributed by atoms with Crippen molar-refractivity contribution in [3.8, 4) is 0 Å². The minimum absolute atomic E-state index is 0.291. The van der Waals surface area contributed by atoms with Gasteiger partial charge in [-0.15, -0.1) is 0 Å². The summed E-state index contributed by atoms with van der Waals surface area (Å²) in [4.78, 5) is 8.90. The molecule has 25 heavy (non-hydrogen) atoms.